The summed E-state index contributed by atoms with van der Waals surface area (Å²) in [5, 5.41) is 3.19. The zero-order valence-corrected chi connectivity index (χ0v) is 19.5. The molecule has 1 N–H and O–H groups in total. The van der Waals surface area contributed by atoms with Gasteiger partial charge in [-0.2, -0.15) is 0 Å². The summed E-state index contributed by atoms with van der Waals surface area (Å²) in [6.07, 6.45) is 1.70. The van der Waals surface area contributed by atoms with Crippen LogP contribution in [0.1, 0.15) is 33.5 Å². The van der Waals surface area contributed by atoms with Crippen LogP contribution in [0.3, 0.4) is 0 Å². The van der Waals surface area contributed by atoms with E-state index in [9.17, 15) is 14.4 Å². The summed E-state index contributed by atoms with van der Waals surface area (Å²) in [6.45, 7) is 5.49. The summed E-state index contributed by atoms with van der Waals surface area (Å²) >= 11 is 0. The van der Waals surface area contributed by atoms with Gasteiger partial charge in [-0.15, -0.1) is 0 Å². The van der Waals surface area contributed by atoms with Gasteiger partial charge in [-0.3, -0.25) is 19.3 Å². The van der Waals surface area contributed by atoms with E-state index in [1.54, 1.807) is 42.3 Å². The van der Waals surface area contributed by atoms with Crippen LogP contribution in [0.5, 0.6) is 0 Å². The molecule has 2 aliphatic rings. The molecule has 178 valence electrons. The number of rotatable bonds is 5. The minimum atomic E-state index is -0.871. The predicted molar refractivity (Wildman–Crippen MR) is 129 cm³/mol. The number of carbonyl (C=O) groups is 3. The highest BCUT2D eigenvalue weighted by atomic mass is 16.2. The second-order valence-electron chi connectivity index (χ2n) is 8.51. The van der Waals surface area contributed by atoms with Gasteiger partial charge in [0.2, 0.25) is 5.91 Å². The molecule has 4 heterocycles. The first-order valence-corrected chi connectivity index (χ1v) is 11.5. The fourth-order valence-corrected chi connectivity index (χ4v) is 4.44. The number of imide groups is 1. The second-order valence-corrected chi connectivity index (χ2v) is 8.51. The topological polar surface area (TPSA) is 112 Å². The van der Waals surface area contributed by atoms with Crippen LogP contribution in [-0.2, 0) is 4.79 Å². The molecule has 10 nitrogen and oxygen atoms in total. The number of benzene rings is 1. The molecule has 0 aliphatic carbocycles. The van der Waals surface area contributed by atoms with E-state index in [1.807, 2.05) is 31.2 Å². The van der Waals surface area contributed by atoms with Crippen LogP contribution >= 0.6 is 0 Å². The number of nitrogens with zero attached hydrogens (tertiary/aromatic N) is 6. The highest BCUT2D eigenvalue weighted by Crippen LogP contribution is 2.26. The highest BCUT2D eigenvalue weighted by Gasteiger charge is 2.42. The van der Waals surface area contributed by atoms with E-state index in [2.05, 4.69) is 25.2 Å². The molecule has 1 atom stereocenters. The van der Waals surface area contributed by atoms with E-state index in [0.29, 0.717) is 54.8 Å². The zero-order chi connectivity index (χ0) is 24.5. The van der Waals surface area contributed by atoms with Gasteiger partial charge in [0.05, 0.1) is 11.1 Å². The van der Waals surface area contributed by atoms with Crippen LogP contribution in [-0.4, -0.2) is 74.7 Å². The first-order chi connectivity index (χ1) is 16.9. The maximum atomic E-state index is 13.2. The quantitative estimate of drug-likeness (QED) is 0.564. The van der Waals surface area contributed by atoms with Crippen molar-refractivity contribution in [3.8, 4) is 0 Å². The molecule has 1 saturated heterocycles. The van der Waals surface area contributed by atoms with Gasteiger partial charge in [-0.05, 0) is 38.1 Å². The molecular weight excluding hydrogens is 446 g/mol. The summed E-state index contributed by atoms with van der Waals surface area (Å²) in [6, 6.07) is 13.2. The fourth-order valence-electron chi connectivity index (χ4n) is 4.44. The molecule has 2 aromatic heterocycles. The molecule has 35 heavy (non-hydrogen) atoms. The maximum Gasteiger partial charge on any atom is 0.262 e. The van der Waals surface area contributed by atoms with Crippen LogP contribution in [0, 0.1) is 6.92 Å². The summed E-state index contributed by atoms with van der Waals surface area (Å²) in [5.74, 6) is 1.63. The number of nitrogens with one attached hydrogen (secondary N) is 1. The Labute approximate surface area is 202 Å². The Morgan fingerprint density at radius 3 is 2.20 bits per heavy atom. The molecule has 0 saturated carbocycles. The standard InChI is InChI=1S/C25H25N7O3/c1-16(32-24(34)18-7-3-4-8-19(18)25(32)35)23(33)31-13-11-30(12-14-31)22-15-21(27-17(2)28-22)29-20-9-5-6-10-26-20/h3-10,15-16H,11-14H2,1-2H3,(H,26,27,28,29). The molecule has 10 heteroatoms. The number of anilines is 3. The molecule has 1 unspecified atom stereocenters. The third kappa shape index (κ3) is 4.30. The van der Waals surface area contributed by atoms with Gasteiger partial charge in [0.25, 0.3) is 11.8 Å². The van der Waals surface area contributed by atoms with Crippen LogP contribution in [0.4, 0.5) is 17.5 Å². The Bertz CT molecular complexity index is 1250. The molecule has 0 spiro atoms. The Morgan fingerprint density at radius 1 is 0.914 bits per heavy atom. The SMILES string of the molecule is Cc1nc(Nc2ccccn2)cc(N2CCN(C(=O)C(C)N3C(=O)c4ccccc4C3=O)CC2)n1. The van der Waals surface area contributed by atoms with Crippen LogP contribution in [0.2, 0.25) is 0 Å². The number of aryl methyl sites for hydroxylation is 1. The first-order valence-electron chi connectivity index (χ1n) is 11.5. The summed E-state index contributed by atoms with van der Waals surface area (Å²) < 4.78 is 0. The molecule has 0 bridgehead atoms. The van der Waals surface area contributed by atoms with Gasteiger partial charge in [0.15, 0.2) is 0 Å². The number of carbonyl (C=O) groups excluding carboxylic acids is 3. The minimum absolute atomic E-state index is 0.240. The number of hydrogen-bond acceptors (Lipinski definition) is 8. The number of pyridine rings is 1. The average Bonchev–Trinajstić information content (AvgIpc) is 3.13. The Balaban J connectivity index is 1.24. The Kier molecular flexibility index (Phi) is 5.86. The molecular formula is C25H25N7O3. The van der Waals surface area contributed by atoms with Crippen LogP contribution in [0.15, 0.2) is 54.7 Å². The molecule has 3 aromatic rings. The normalized spacial score (nSPS) is 16.3. The van der Waals surface area contributed by atoms with Gasteiger partial charge >= 0.3 is 0 Å². The number of aromatic nitrogens is 3. The molecule has 1 aromatic carbocycles. The lowest BCUT2D eigenvalue weighted by Crippen LogP contribution is -2.55. The van der Waals surface area contributed by atoms with E-state index in [0.717, 1.165) is 10.7 Å². The van der Waals surface area contributed by atoms with Crippen molar-refractivity contribution in [1.82, 2.24) is 24.8 Å². The number of fused-ring (bicyclic) bond motifs is 1. The predicted octanol–water partition coefficient (Wildman–Crippen LogP) is 2.26. The number of hydrogen-bond donors (Lipinski definition) is 1. The van der Waals surface area contributed by atoms with Crippen molar-refractivity contribution in [2.75, 3.05) is 36.4 Å². The van der Waals surface area contributed by atoms with E-state index in [-0.39, 0.29) is 5.91 Å². The summed E-state index contributed by atoms with van der Waals surface area (Å²) in [7, 11) is 0. The summed E-state index contributed by atoms with van der Waals surface area (Å²) in [5.41, 5.74) is 0.687. The van der Waals surface area contributed by atoms with Crippen LogP contribution < -0.4 is 10.2 Å². The second kappa shape index (κ2) is 9.13. The van der Waals surface area contributed by atoms with E-state index in [1.165, 1.54) is 0 Å². The summed E-state index contributed by atoms with van der Waals surface area (Å²) in [4.78, 5) is 56.9. The largest absolute Gasteiger partial charge is 0.353 e. The first kappa shape index (κ1) is 22.5. The third-order valence-electron chi connectivity index (χ3n) is 6.23. The Morgan fingerprint density at radius 2 is 1.57 bits per heavy atom. The lowest BCUT2D eigenvalue weighted by atomic mass is 10.1. The van der Waals surface area contributed by atoms with Crippen molar-refractivity contribution in [3.05, 3.63) is 71.7 Å². The van der Waals surface area contributed by atoms with Crippen molar-refractivity contribution < 1.29 is 14.4 Å². The van der Waals surface area contributed by atoms with Crippen molar-refractivity contribution >= 4 is 35.2 Å². The molecule has 3 amide bonds. The number of amides is 3. The minimum Gasteiger partial charge on any atom is -0.353 e. The molecule has 2 aliphatic heterocycles. The maximum absolute atomic E-state index is 13.2. The fraction of sp³-hybridized carbons (Fsp3) is 0.280. The lowest BCUT2D eigenvalue weighted by Gasteiger charge is -2.37. The average molecular weight is 472 g/mol. The monoisotopic (exact) mass is 471 g/mol. The Hall–Kier alpha value is -4.34. The molecule has 5 rings (SSSR count). The van der Waals surface area contributed by atoms with E-state index < -0.39 is 17.9 Å². The lowest BCUT2D eigenvalue weighted by molar-refractivity contribution is -0.135. The van der Waals surface area contributed by atoms with Crippen molar-refractivity contribution in [2.24, 2.45) is 0 Å². The zero-order valence-electron chi connectivity index (χ0n) is 19.5. The smallest absolute Gasteiger partial charge is 0.262 e. The van der Waals surface area contributed by atoms with E-state index >= 15 is 0 Å². The van der Waals surface area contributed by atoms with Crippen molar-refractivity contribution in [1.29, 1.82) is 0 Å². The van der Waals surface area contributed by atoms with Gasteiger partial charge < -0.3 is 15.1 Å². The van der Waals surface area contributed by atoms with Gasteiger partial charge in [0, 0.05) is 38.4 Å². The van der Waals surface area contributed by atoms with Crippen molar-refractivity contribution in [3.63, 3.8) is 0 Å². The van der Waals surface area contributed by atoms with Crippen molar-refractivity contribution in [2.45, 2.75) is 19.9 Å². The highest BCUT2D eigenvalue weighted by molar-refractivity contribution is 6.22. The van der Waals surface area contributed by atoms with Gasteiger partial charge in [0.1, 0.15) is 29.3 Å². The van der Waals surface area contributed by atoms with E-state index in [4.69, 9.17) is 0 Å². The molecule has 1 fully saturated rings. The van der Waals surface area contributed by atoms with Crippen LogP contribution in [0.25, 0.3) is 0 Å². The van der Waals surface area contributed by atoms with Gasteiger partial charge in [-0.1, -0.05) is 18.2 Å². The molecule has 0 radical (unpaired) electrons. The third-order valence-corrected chi connectivity index (χ3v) is 6.23. The number of piperazine rings is 1. The van der Waals surface area contributed by atoms with Gasteiger partial charge in [-0.25, -0.2) is 15.0 Å².